The highest BCUT2D eigenvalue weighted by atomic mass is 16.5. The molecule has 9 heterocycles. The summed E-state index contributed by atoms with van der Waals surface area (Å²) in [6.07, 6.45) is 16.8. The Balaban J connectivity index is 0.564. The van der Waals surface area contributed by atoms with Gasteiger partial charge in [-0.3, -0.25) is 0 Å². The Morgan fingerprint density at radius 3 is 1.81 bits per heavy atom. The van der Waals surface area contributed by atoms with Gasteiger partial charge in [0, 0.05) is 154 Å². The Labute approximate surface area is 523 Å². The molecule has 0 radical (unpaired) electrons. The molecule has 472 valence electrons. The molecule has 89 heavy (non-hydrogen) atoms. The number of nitrogens with zero attached hydrogens (tertiary/aromatic N) is 9. The van der Waals surface area contributed by atoms with Gasteiger partial charge in [0.1, 0.15) is 17.5 Å². The van der Waals surface area contributed by atoms with Crippen molar-refractivity contribution in [3.05, 3.63) is 95.1 Å². The number of benzene rings is 3. The molecule has 21 heteroatoms. The van der Waals surface area contributed by atoms with Gasteiger partial charge >= 0.3 is 0 Å². The van der Waals surface area contributed by atoms with Gasteiger partial charge in [-0.25, -0.2) is 15.0 Å². The van der Waals surface area contributed by atoms with Crippen molar-refractivity contribution in [3.8, 4) is 28.7 Å². The van der Waals surface area contributed by atoms with E-state index in [1.54, 1.807) is 6.26 Å². The maximum Gasteiger partial charge on any atom is 0.229 e. The van der Waals surface area contributed by atoms with Crippen molar-refractivity contribution in [2.75, 3.05) is 145 Å². The SMILES string of the molecule is CNc1cc(C)nc(Nc2cc(OCCCN3CCC(Cc4cc(NC)nc(Nc5cc6c(c(OCCCN7CCC(C8CCCC(c9cc(NC)nc(Nc%10cc%11c(c(OCCCN%12CCCC%12)c%10)OCC%11)n9)C8)C7)c5)OCC6)n4)C3)c3occc3c2)n1. The fraction of sp³-hybridized carbons (Fsp3) is 0.529. The number of hydrogen-bond donors (Lipinski definition) is 6. The van der Waals surface area contributed by atoms with Gasteiger partial charge in [-0.15, -0.1) is 0 Å². The number of aryl methyl sites for hydroxylation is 1. The second kappa shape index (κ2) is 28.3. The van der Waals surface area contributed by atoms with Gasteiger partial charge in [0.25, 0.3) is 0 Å². The number of likely N-dealkylation sites (tertiary alicyclic amines) is 3. The minimum atomic E-state index is 0.392. The lowest BCUT2D eigenvalue weighted by Crippen LogP contribution is -2.27. The summed E-state index contributed by atoms with van der Waals surface area (Å²) in [7, 11) is 5.70. The van der Waals surface area contributed by atoms with Crippen LogP contribution in [0.2, 0.25) is 0 Å². The molecule has 6 aliphatic rings. The summed E-state index contributed by atoms with van der Waals surface area (Å²) in [6, 6.07) is 20.5. The molecule has 0 spiro atoms. The molecule has 4 fully saturated rings. The average molecular weight is 1210 g/mol. The lowest BCUT2D eigenvalue weighted by Gasteiger charge is -2.33. The van der Waals surface area contributed by atoms with Crippen LogP contribution in [-0.2, 0) is 19.3 Å². The predicted octanol–water partition coefficient (Wildman–Crippen LogP) is 11.6. The summed E-state index contributed by atoms with van der Waals surface area (Å²) >= 11 is 0. The maximum atomic E-state index is 6.59. The first kappa shape index (κ1) is 60.1. The summed E-state index contributed by atoms with van der Waals surface area (Å²) in [5, 5.41) is 21.1. The number of anilines is 9. The minimum absolute atomic E-state index is 0.392. The van der Waals surface area contributed by atoms with Crippen molar-refractivity contribution in [2.45, 2.75) is 103 Å². The summed E-state index contributed by atoms with van der Waals surface area (Å²) in [5.74, 6) is 10.3. The van der Waals surface area contributed by atoms with Crippen LogP contribution in [0, 0.1) is 24.7 Å². The molecule has 5 aliphatic heterocycles. The van der Waals surface area contributed by atoms with Crippen LogP contribution < -0.4 is 55.6 Å². The van der Waals surface area contributed by atoms with Crippen LogP contribution in [0.5, 0.6) is 28.7 Å². The largest absolute Gasteiger partial charge is 0.490 e. The third kappa shape index (κ3) is 15.1. The van der Waals surface area contributed by atoms with Crippen LogP contribution in [0.3, 0.4) is 0 Å². The standard InChI is InChI=1S/C68H89N15O6/c1-44-31-60(69-2)78-66(72-44)74-53-34-48-15-28-87-63(48)57(37-53)85-26-9-21-82-23-13-45(42-82)32-52-40-61(70-3)79-67(73-52)75-54-35-49-16-29-88-64(49)58(38-54)86-27-10-22-83-24-14-51(43-83)46-11-7-12-47(33-46)56-41-62(71-4)80-68(77-56)76-55-36-50-17-30-89-65(50)59(39-55)84-25-8-20-81-18-5-6-19-81/h15,28,31,34-41,45-47,51H,5-14,16-27,29-30,32-33,42-43H2,1-4H3,(H2,69,72,74,78)(H2,70,73,75,79)(H2,71,76,77,80). The second-order valence-electron chi connectivity index (χ2n) is 25.1. The van der Waals surface area contributed by atoms with Crippen molar-refractivity contribution < 1.29 is 28.1 Å². The van der Waals surface area contributed by atoms with Crippen LogP contribution >= 0.6 is 0 Å². The Kier molecular flexibility index (Phi) is 19.1. The number of rotatable bonds is 28. The van der Waals surface area contributed by atoms with Crippen molar-refractivity contribution in [2.24, 2.45) is 17.8 Å². The molecule has 1 saturated carbocycles. The molecule has 21 nitrogen and oxygen atoms in total. The predicted molar refractivity (Wildman–Crippen MR) is 350 cm³/mol. The van der Waals surface area contributed by atoms with E-state index in [1.807, 2.05) is 52.3 Å². The van der Waals surface area contributed by atoms with Gasteiger partial charge in [0.15, 0.2) is 34.3 Å². The van der Waals surface area contributed by atoms with E-state index in [0.29, 0.717) is 80.3 Å². The topological polar surface area (TPSA) is 219 Å². The zero-order valence-electron chi connectivity index (χ0n) is 52.4. The molecule has 13 rings (SSSR count). The first-order chi connectivity index (χ1) is 43.7. The molecule has 7 aromatic rings. The molecule has 4 unspecified atom stereocenters. The smallest absolute Gasteiger partial charge is 0.229 e. The molecule has 3 saturated heterocycles. The van der Waals surface area contributed by atoms with Gasteiger partial charge in [0.2, 0.25) is 17.8 Å². The highest BCUT2D eigenvalue weighted by molar-refractivity contribution is 5.87. The van der Waals surface area contributed by atoms with Crippen LogP contribution in [0.4, 0.5) is 52.4 Å². The normalized spacial score (nSPS) is 20.0. The Morgan fingerprint density at radius 2 is 1.12 bits per heavy atom. The van der Waals surface area contributed by atoms with E-state index in [9.17, 15) is 0 Å². The van der Waals surface area contributed by atoms with Crippen LogP contribution in [-0.4, -0.2) is 158 Å². The molecule has 1 aliphatic carbocycles. The molecule has 4 atom stereocenters. The van der Waals surface area contributed by atoms with Gasteiger partial charge in [0.05, 0.1) is 45.0 Å². The lowest BCUT2D eigenvalue weighted by molar-refractivity contribution is 0.211. The molecule has 0 bridgehead atoms. The number of fused-ring (bicyclic) bond motifs is 3. The third-order valence-corrected chi connectivity index (χ3v) is 18.7. The van der Waals surface area contributed by atoms with Crippen molar-refractivity contribution in [3.63, 3.8) is 0 Å². The maximum absolute atomic E-state index is 6.59. The summed E-state index contributed by atoms with van der Waals surface area (Å²) < 4.78 is 37.4. The number of aromatic nitrogens is 6. The van der Waals surface area contributed by atoms with Gasteiger partial charge in [-0.2, -0.15) is 15.0 Å². The lowest BCUT2D eigenvalue weighted by atomic mass is 9.73. The first-order valence-electron chi connectivity index (χ1n) is 32.9. The molecule has 3 aromatic carbocycles. The third-order valence-electron chi connectivity index (χ3n) is 18.7. The molecule has 4 aromatic heterocycles. The average Bonchev–Trinajstić information content (AvgIpc) is 3.43. The quantitative estimate of drug-likeness (QED) is 0.0251. The molecular weight excluding hydrogens is 1120 g/mol. The highest BCUT2D eigenvalue weighted by Crippen LogP contribution is 2.44. The monoisotopic (exact) mass is 1210 g/mol. The zero-order valence-corrected chi connectivity index (χ0v) is 52.4. The van der Waals surface area contributed by atoms with Gasteiger partial charge in [-0.05, 0) is 139 Å². The fourth-order valence-corrected chi connectivity index (χ4v) is 14.3. The van der Waals surface area contributed by atoms with Crippen LogP contribution in [0.1, 0.15) is 105 Å². The summed E-state index contributed by atoms with van der Waals surface area (Å²) in [4.78, 5) is 36.9. The van der Waals surface area contributed by atoms with Crippen LogP contribution in [0.15, 0.2) is 71.3 Å². The first-order valence-corrected chi connectivity index (χ1v) is 32.9. The van der Waals surface area contributed by atoms with E-state index in [-0.39, 0.29) is 0 Å². The molecule has 0 amide bonds. The van der Waals surface area contributed by atoms with E-state index in [1.165, 1.54) is 50.8 Å². The number of ether oxygens (including phenoxy) is 5. The van der Waals surface area contributed by atoms with E-state index < -0.39 is 0 Å². The fourth-order valence-electron chi connectivity index (χ4n) is 14.3. The highest BCUT2D eigenvalue weighted by Gasteiger charge is 2.35. The van der Waals surface area contributed by atoms with Crippen molar-refractivity contribution >= 4 is 63.3 Å². The molecular formula is C68H89N15O6. The van der Waals surface area contributed by atoms with Crippen molar-refractivity contribution in [1.29, 1.82) is 0 Å². The number of nitrogens with one attached hydrogen (secondary N) is 6. The second-order valence-corrected chi connectivity index (χ2v) is 25.1. The van der Waals surface area contributed by atoms with E-state index in [4.69, 9.17) is 48.0 Å². The van der Waals surface area contributed by atoms with Crippen molar-refractivity contribution in [1.82, 2.24) is 44.6 Å². The van der Waals surface area contributed by atoms with E-state index >= 15 is 0 Å². The molecule has 6 N–H and O–H groups in total. The minimum Gasteiger partial charge on any atom is -0.490 e. The van der Waals surface area contributed by atoms with E-state index in [0.717, 1.165) is 195 Å². The number of hydrogen-bond acceptors (Lipinski definition) is 21. The number of furan rings is 1. The van der Waals surface area contributed by atoms with Crippen LogP contribution in [0.25, 0.3) is 11.0 Å². The zero-order chi connectivity index (χ0) is 60.5. The Morgan fingerprint density at radius 1 is 0.539 bits per heavy atom. The Hall–Kier alpha value is -7.88. The van der Waals surface area contributed by atoms with Gasteiger partial charge in [-0.1, -0.05) is 12.8 Å². The van der Waals surface area contributed by atoms with Gasteiger partial charge < -0.3 is 74.7 Å². The summed E-state index contributed by atoms with van der Waals surface area (Å²) in [5.41, 5.74) is 8.71. The Bertz CT molecular complexity index is 3540. The summed E-state index contributed by atoms with van der Waals surface area (Å²) in [6.45, 7) is 14.9. The van der Waals surface area contributed by atoms with E-state index in [2.05, 4.69) is 93.0 Å².